The van der Waals surface area contributed by atoms with Crippen LogP contribution in [0.4, 0.5) is 5.69 Å². The first-order chi connectivity index (χ1) is 13.8. The van der Waals surface area contributed by atoms with E-state index in [0.717, 1.165) is 29.0 Å². The SMILES string of the molecule is C[C@H]1CCC[C@H](C)N1C(=O)COC(=O)CN1c2cccc3cccc(c23)S1(=O)=O. The highest BCUT2D eigenvalue weighted by Crippen LogP contribution is 2.41. The van der Waals surface area contributed by atoms with Gasteiger partial charge in [0.15, 0.2) is 6.61 Å². The highest BCUT2D eigenvalue weighted by Gasteiger charge is 2.37. The van der Waals surface area contributed by atoms with Crippen molar-refractivity contribution in [2.45, 2.75) is 50.1 Å². The number of piperidine rings is 1. The van der Waals surface area contributed by atoms with Crippen molar-refractivity contribution in [3.05, 3.63) is 36.4 Å². The molecule has 2 aromatic rings. The van der Waals surface area contributed by atoms with Crippen LogP contribution >= 0.6 is 0 Å². The van der Waals surface area contributed by atoms with Crippen molar-refractivity contribution < 1.29 is 22.7 Å². The van der Waals surface area contributed by atoms with Crippen molar-refractivity contribution in [3.8, 4) is 0 Å². The Hall–Kier alpha value is -2.61. The van der Waals surface area contributed by atoms with E-state index in [9.17, 15) is 18.0 Å². The number of anilines is 1. The van der Waals surface area contributed by atoms with Gasteiger partial charge in [-0.15, -0.1) is 0 Å². The van der Waals surface area contributed by atoms with Gasteiger partial charge in [0.2, 0.25) is 0 Å². The number of rotatable bonds is 4. The molecule has 1 fully saturated rings. The minimum atomic E-state index is -3.83. The smallest absolute Gasteiger partial charge is 0.327 e. The van der Waals surface area contributed by atoms with Gasteiger partial charge in [-0.25, -0.2) is 8.42 Å². The molecule has 2 atom stereocenters. The van der Waals surface area contributed by atoms with E-state index in [-0.39, 0.29) is 29.5 Å². The maximum Gasteiger partial charge on any atom is 0.327 e. The van der Waals surface area contributed by atoms with E-state index in [1.165, 1.54) is 6.07 Å². The number of esters is 1. The normalized spacial score (nSPS) is 22.7. The summed E-state index contributed by atoms with van der Waals surface area (Å²) in [6, 6.07) is 10.5. The van der Waals surface area contributed by atoms with Crippen LogP contribution in [0.1, 0.15) is 33.1 Å². The summed E-state index contributed by atoms with van der Waals surface area (Å²) in [6.07, 6.45) is 2.93. The molecule has 2 aliphatic rings. The molecular weight excluding hydrogens is 392 g/mol. The molecule has 1 amide bonds. The van der Waals surface area contributed by atoms with E-state index in [0.29, 0.717) is 11.1 Å². The Balaban J connectivity index is 1.47. The molecule has 0 radical (unpaired) electrons. The van der Waals surface area contributed by atoms with Gasteiger partial charge in [-0.1, -0.05) is 24.3 Å². The molecule has 2 aromatic carbocycles. The lowest BCUT2D eigenvalue weighted by molar-refractivity contribution is -0.153. The van der Waals surface area contributed by atoms with Crippen LogP contribution in [0.25, 0.3) is 10.8 Å². The van der Waals surface area contributed by atoms with Crippen LogP contribution < -0.4 is 4.31 Å². The number of benzene rings is 2. The molecule has 154 valence electrons. The summed E-state index contributed by atoms with van der Waals surface area (Å²) in [6.45, 7) is 3.14. The molecule has 0 unspecified atom stereocenters. The minimum absolute atomic E-state index is 0.107. The molecule has 8 heteroatoms. The summed E-state index contributed by atoms with van der Waals surface area (Å²) in [7, 11) is -3.83. The lowest BCUT2D eigenvalue weighted by Crippen LogP contribution is -2.49. The monoisotopic (exact) mass is 416 g/mol. The largest absolute Gasteiger partial charge is 0.454 e. The fourth-order valence-corrected chi connectivity index (χ4v) is 6.08. The van der Waals surface area contributed by atoms with Gasteiger partial charge in [-0.05, 0) is 50.6 Å². The Labute approximate surface area is 170 Å². The molecule has 7 nitrogen and oxygen atoms in total. The lowest BCUT2D eigenvalue weighted by atomic mass is 9.97. The zero-order chi connectivity index (χ0) is 20.8. The van der Waals surface area contributed by atoms with Gasteiger partial charge in [0, 0.05) is 17.5 Å². The van der Waals surface area contributed by atoms with E-state index >= 15 is 0 Å². The van der Waals surface area contributed by atoms with Gasteiger partial charge in [0.25, 0.3) is 15.9 Å². The van der Waals surface area contributed by atoms with Gasteiger partial charge in [-0.2, -0.15) is 0 Å². The van der Waals surface area contributed by atoms with Gasteiger partial charge >= 0.3 is 5.97 Å². The molecular formula is C21H24N2O5S. The summed E-state index contributed by atoms with van der Waals surface area (Å²) < 4.78 is 32.1. The predicted octanol–water partition coefficient (Wildman–Crippen LogP) is 2.68. The van der Waals surface area contributed by atoms with Crippen LogP contribution in [-0.4, -0.2) is 50.4 Å². The molecule has 0 bridgehead atoms. The highest BCUT2D eigenvalue weighted by molar-refractivity contribution is 7.93. The molecule has 0 aromatic heterocycles. The highest BCUT2D eigenvalue weighted by atomic mass is 32.2. The van der Waals surface area contributed by atoms with Crippen molar-refractivity contribution in [3.63, 3.8) is 0 Å². The molecule has 4 rings (SSSR count). The van der Waals surface area contributed by atoms with E-state index in [4.69, 9.17) is 4.74 Å². The van der Waals surface area contributed by atoms with Crippen molar-refractivity contribution in [1.82, 2.24) is 4.90 Å². The Morgan fingerprint density at radius 2 is 1.72 bits per heavy atom. The van der Waals surface area contributed by atoms with Crippen LogP contribution in [0, 0.1) is 0 Å². The van der Waals surface area contributed by atoms with Gasteiger partial charge in [0.05, 0.1) is 10.6 Å². The molecule has 0 spiro atoms. The van der Waals surface area contributed by atoms with E-state index < -0.39 is 22.5 Å². The third kappa shape index (κ3) is 3.35. The lowest BCUT2D eigenvalue weighted by Gasteiger charge is -2.38. The van der Waals surface area contributed by atoms with Crippen LogP contribution in [0.5, 0.6) is 0 Å². The van der Waals surface area contributed by atoms with Crippen molar-refractivity contribution in [1.29, 1.82) is 0 Å². The second-order valence-electron chi connectivity index (χ2n) is 7.73. The van der Waals surface area contributed by atoms with E-state index in [2.05, 4.69) is 0 Å². The molecule has 29 heavy (non-hydrogen) atoms. The third-order valence-electron chi connectivity index (χ3n) is 5.79. The standard InChI is InChI=1S/C21H24N2O5S/c1-14-6-3-7-15(2)23(14)19(24)13-28-20(25)12-22-17-10-4-8-16-9-5-11-18(21(16)17)29(22,26)27/h4-5,8-11,14-15H,3,6-7,12-13H2,1-2H3/t14-,15-/m0/s1. The number of carbonyl (C=O) groups excluding carboxylic acids is 2. The summed E-state index contributed by atoms with van der Waals surface area (Å²) in [5, 5.41) is 1.40. The fraction of sp³-hybridized carbons (Fsp3) is 0.429. The molecule has 1 saturated heterocycles. The number of hydrogen-bond acceptors (Lipinski definition) is 5. The Morgan fingerprint density at radius 3 is 2.41 bits per heavy atom. The Kier molecular flexibility index (Phi) is 4.98. The molecule has 2 heterocycles. The number of likely N-dealkylation sites (tertiary alicyclic amines) is 1. The summed E-state index contributed by atoms with van der Waals surface area (Å²) in [4.78, 5) is 26.9. The van der Waals surface area contributed by atoms with Gasteiger partial charge in [0.1, 0.15) is 6.54 Å². The maximum absolute atomic E-state index is 12.9. The Morgan fingerprint density at radius 1 is 1.07 bits per heavy atom. The second-order valence-corrected chi connectivity index (χ2v) is 9.56. The first-order valence-corrected chi connectivity index (χ1v) is 11.3. The average Bonchev–Trinajstić information content (AvgIpc) is 2.90. The first-order valence-electron chi connectivity index (χ1n) is 9.82. The zero-order valence-electron chi connectivity index (χ0n) is 16.5. The fourth-order valence-electron chi connectivity index (χ4n) is 4.42. The quantitative estimate of drug-likeness (QED) is 0.716. The van der Waals surface area contributed by atoms with E-state index in [1.807, 2.05) is 26.0 Å². The number of hydrogen-bond donors (Lipinski definition) is 0. The zero-order valence-corrected chi connectivity index (χ0v) is 17.3. The number of sulfonamides is 1. The van der Waals surface area contributed by atoms with Crippen molar-refractivity contribution in [2.24, 2.45) is 0 Å². The van der Waals surface area contributed by atoms with E-state index in [1.54, 1.807) is 23.1 Å². The number of ether oxygens (including phenoxy) is 1. The van der Waals surface area contributed by atoms with Crippen LogP contribution in [0.3, 0.4) is 0 Å². The van der Waals surface area contributed by atoms with Crippen LogP contribution in [-0.2, 0) is 24.3 Å². The number of nitrogens with zero attached hydrogens (tertiary/aromatic N) is 2. The first kappa shape index (κ1) is 19.7. The average molecular weight is 416 g/mol. The van der Waals surface area contributed by atoms with Gasteiger partial charge < -0.3 is 9.64 Å². The third-order valence-corrected chi connectivity index (χ3v) is 7.59. The summed E-state index contributed by atoms with van der Waals surface area (Å²) in [5.41, 5.74) is 0.458. The summed E-state index contributed by atoms with van der Waals surface area (Å²) in [5.74, 6) is -0.989. The second kappa shape index (κ2) is 7.33. The molecule has 0 N–H and O–H groups in total. The number of amides is 1. The summed E-state index contributed by atoms with van der Waals surface area (Å²) >= 11 is 0. The minimum Gasteiger partial charge on any atom is -0.454 e. The van der Waals surface area contributed by atoms with Gasteiger partial charge in [-0.3, -0.25) is 13.9 Å². The van der Waals surface area contributed by atoms with Crippen LogP contribution in [0.2, 0.25) is 0 Å². The van der Waals surface area contributed by atoms with Crippen LogP contribution in [0.15, 0.2) is 41.3 Å². The molecule has 2 aliphatic heterocycles. The van der Waals surface area contributed by atoms with Crippen molar-refractivity contribution in [2.75, 3.05) is 17.5 Å². The molecule has 0 aliphatic carbocycles. The topological polar surface area (TPSA) is 84.0 Å². The predicted molar refractivity (Wildman–Crippen MR) is 109 cm³/mol. The van der Waals surface area contributed by atoms with Crippen molar-refractivity contribution >= 4 is 38.4 Å². The molecule has 0 saturated carbocycles. The Bertz CT molecular complexity index is 1070. The number of carbonyl (C=O) groups is 2. The maximum atomic E-state index is 12.9.